The van der Waals surface area contributed by atoms with E-state index in [1.54, 1.807) is 4.57 Å². The van der Waals surface area contributed by atoms with Crippen LogP contribution in [-0.2, 0) is 17.5 Å². The number of hydrogen-bond donors (Lipinski definition) is 1. The summed E-state index contributed by atoms with van der Waals surface area (Å²) in [5.74, 6) is 0.319. The third-order valence-electron chi connectivity index (χ3n) is 6.82. The Labute approximate surface area is 217 Å². The number of nitrogens with two attached hydrogens (primary N) is 1. The molecule has 2 aromatic carbocycles. The van der Waals surface area contributed by atoms with Crippen molar-refractivity contribution in [1.29, 1.82) is 0 Å². The number of ether oxygens (including phenoxy) is 1. The van der Waals surface area contributed by atoms with Crippen LogP contribution in [0.2, 0.25) is 0 Å². The number of rotatable bonds is 7. The van der Waals surface area contributed by atoms with Crippen molar-refractivity contribution >= 4 is 23.0 Å². The molecule has 1 unspecified atom stereocenters. The van der Waals surface area contributed by atoms with Crippen LogP contribution < -0.4 is 5.73 Å². The van der Waals surface area contributed by atoms with Crippen LogP contribution in [0.4, 0.5) is 19.0 Å². The Hall–Kier alpha value is -3.95. The van der Waals surface area contributed by atoms with Gasteiger partial charge in [-0.15, -0.1) is 0 Å². The number of hydrogen-bond acceptors (Lipinski definition) is 6. The molecule has 2 heterocycles. The van der Waals surface area contributed by atoms with Gasteiger partial charge in [-0.3, -0.25) is 0 Å². The van der Waals surface area contributed by atoms with Crippen LogP contribution >= 0.6 is 0 Å². The monoisotopic (exact) mass is 523 g/mol. The molecule has 38 heavy (non-hydrogen) atoms. The summed E-state index contributed by atoms with van der Waals surface area (Å²) in [6, 6.07) is 12.8. The first-order valence-corrected chi connectivity index (χ1v) is 12.5. The molecule has 10 heteroatoms. The van der Waals surface area contributed by atoms with Gasteiger partial charge < -0.3 is 15.0 Å². The number of fused-ring (bicyclic) bond motifs is 1. The molecule has 0 bridgehead atoms. The minimum Gasteiger partial charge on any atom is -0.456 e. The van der Waals surface area contributed by atoms with Crippen LogP contribution in [0.25, 0.3) is 22.6 Å². The topological polar surface area (TPSA) is 95.9 Å². The maximum atomic E-state index is 13.1. The third-order valence-corrected chi connectivity index (χ3v) is 6.82. The van der Waals surface area contributed by atoms with Gasteiger partial charge in [-0.05, 0) is 60.9 Å². The number of esters is 1. The fraction of sp³-hybridized carbons (Fsp3) is 0.357. The second kappa shape index (κ2) is 9.74. The molecule has 1 fully saturated rings. The maximum Gasteiger partial charge on any atom is 0.416 e. The zero-order chi connectivity index (χ0) is 27.2. The average molecular weight is 524 g/mol. The predicted molar refractivity (Wildman–Crippen MR) is 137 cm³/mol. The first kappa shape index (κ1) is 25.7. The van der Waals surface area contributed by atoms with Gasteiger partial charge in [-0.1, -0.05) is 44.2 Å². The van der Waals surface area contributed by atoms with Crippen molar-refractivity contribution in [3.05, 3.63) is 71.0 Å². The van der Waals surface area contributed by atoms with Gasteiger partial charge in [0.1, 0.15) is 17.4 Å². The number of nitrogen functional groups attached to an aromatic ring is 1. The van der Waals surface area contributed by atoms with Crippen LogP contribution in [0, 0.1) is 5.92 Å². The maximum absolute atomic E-state index is 13.1. The lowest BCUT2D eigenvalue weighted by Crippen LogP contribution is -2.19. The number of benzene rings is 2. The van der Waals surface area contributed by atoms with E-state index in [0.717, 1.165) is 36.1 Å². The molecule has 0 saturated heterocycles. The Morgan fingerprint density at radius 3 is 2.42 bits per heavy atom. The van der Waals surface area contributed by atoms with Crippen LogP contribution in [0.5, 0.6) is 0 Å². The van der Waals surface area contributed by atoms with Crippen molar-refractivity contribution in [2.75, 3.05) is 5.73 Å². The lowest BCUT2D eigenvalue weighted by atomic mass is 10.0. The minimum absolute atomic E-state index is 0.0340. The average Bonchev–Trinajstić information content (AvgIpc) is 3.66. The molecule has 1 aliphatic rings. The molecule has 5 rings (SSSR count). The number of carbonyl (C=O) groups is 1. The molecule has 198 valence electrons. The van der Waals surface area contributed by atoms with Gasteiger partial charge in [0, 0.05) is 12.1 Å². The van der Waals surface area contributed by atoms with Gasteiger partial charge in [-0.25, -0.2) is 19.7 Å². The highest BCUT2D eigenvalue weighted by atomic mass is 19.4. The highest BCUT2D eigenvalue weighted by Crippen LogP contribution is 2.35. The zero-order valence-corrected chi connectivity index (χ0v) is 21.3. The molecule has 1 aliphatic carbocycles. The largest absolute Gasteiger partial charge is 0.456 e. The van der Waals surface area contributed by atoms with Crippen molar-refractivity contribution in [1.82, 2.24) is 19.5 Å². The summed E-state index contributed by atoms with van der Waals surface area (Å²) in [5, 5.41) is 0. The smallest absolute Gasteiger partial charge is 0.416 e. The van der Waals surface area contributed by atoms with Gasteiger partial charge in [0.05, 0.1) is 5.56 Å². The number of imidazole rings is 1. The fourth-order valence-corrected chi connectivity index (χ4v) is 4.43. The van der Waals surface area contributed by atoms with E-state index in [1.807, 2.05) is 31.2 Å². The number of anilines is 1. The Bertz CT molecular complexity index is 1490. The second-order valence-corrected chi connectivity index (χ2v) is 10.0. The van der Waals surface area contributed by atoms with E-state index in [-0.39, 0.29) is 35.9 Å². The van der Waals surface area contributed by atoms with Crippen molar-refractivity contribution in [2.45, 2.75) is 58.4 Å². The molecule has 0 amide bonds. The molecule has 0 spiro atoms. The summed E-state index contributed by atoms with van der Waals surface area (Å²) in [7, 11) is 0. The summed E-state index contributed by atoms with van der Waals surface area (Å²) in [4.78, 5) is 26.0. The Morgan fingerprint density at radius 2 is 1.79 bits per heavy atom. The number of aromatic nitrogens is 4. The van der Waals surface area contributed by atoms with Crippen LogP contribution in [0.3, 0.4) is 0 Å². The minimum atomic E-state index is -4.43. The summed E-state index contributed by atoms with van der Waals surface area (Å²) >= 11 is 0. The molecule has 4 aromatic rings. The number of carbonyl (C=O) groups excluding carboxylic acids is 1. The number of halogens is 3. The lowest BCUT2D eigenvalue weighted by Gasteiger charge is -2.13. The van der Waals surface area contributed by atoms with Crippen molar-refractivity contribution in [3.63, 3.8) is 0 Å². The van der Waals surface area contributed by atoms with Gasteiger partial charge in [0.25, 0.3) is 0 Å². The van der Waals surface area contributed by atoms with Gasteiger partial charge in [0.2, 0.25) is 5.82 Å². The predicted octanol–water partition coefficient (Wildman–Crippen LogP) is 6.22. The first-order valence-electron chi connectivity index (χ1n) is 12.5. The molecule has 2 N–H and O–H groups in total. The lowest BCUT2D eigenvalue weighted by molar-refractivity contribution is -0.137. The van der Waals surface area contributed by atoms with E-state index in [0.29, 0.717) is 22.8 Å². The summed E-state index contributed by atoms with van der Waals surface area (Å²) < 4.78 is 46.6. The van der Waals surface area contributed by atoms with Crippen molar-refractivity contribution in [2.24, 2.45) is 5.92 Å². The summed E-state index contributed by atoms with van der Waals surface area (Å²) in [5.41, 5.74) is 8.69. The fourth-order valence-electron chi connectivity index (χ4n) is 4.43. The molecule has 0 aliphatic heterocycles. The summed E-state index contributed by atoms with van der Waals surface area (Å²) in [6.07, 6.45) is -2.63. The first-order chi connectivity index (χ1) is 18.0. The molecule has 1 atom stereocenters. The van der Waals surface area contributed by atoms with Crippen molar-refractivity contribution < 1.29 is 22.7 Å². The molecule has 2 aromatic heterocycles. The standard InChI is InChI=1S/C28H28F3N5O2/c1-15(2)19-5-4-6-20(13-19)26-35-24-22(36(26)14-17-7-11-21(12-8-17)28(29,30)31)23(32)33-25(34-24)27(37)38-16(3)18-9-10-18/h4-8,11-13,15-16,18H,9-10,14H2,1-3H3,(H2,32,33,34). The SMILES string of the molecule is CC(C)c1cccc(-c2nc3nc(C(=O)OC(C)C4CC4)nc(N)c3n2Cc2ccc(C(F)(F)F)cc2)c1. The molecular weight excluding hydrogens is 495 g/mol. The van der Waals surface area contributed by atoms with Gasteiger partial charge in [-0.2, -0.15) is 13.2 Å². The molecule has 1 saturated carbocycles. The summed E-state index contributed by atoms with van der Waals surface area (Å²) in [6.45, 7) is 6.17. The van der Waals surface area contributed by atoms with E-state index in [2.05, 4.69) is 23.8 Å². The van der Waals surface area contributed by atoms with E-state index in [4.69, 9.17) is 15.5 Å². The highest BCUT2D eigenvalue weighted by Gasteiger charge is 2.32. The second-order valence-electron chi connectivity index (χ2n) is 10.0. The van der Waals surface area contributed by atoms with Gasteiger partial charge >= 0.3 is 12.1 Å². The molecule has 7 nitrogen and oxygen atoms in total. The zero-order valence-electron chi connectivity index (χ0n) is 21.3. The van der Waals surface area contributed by atoms with Gasteiger partial charge in [0.15, 0.2) is 11.5 Å². The van der Waals surface area contributed by atoms with Crippen LogP contribution in [-0.4, -0.2) is 31.6 Å². The highest BCUT2D eigenvalue weighted by molar-refractivity contribution is 5.92. The normalized spacial score (nSPS) is 14.7. The Kier molecular flexibility index (Phi) is 6.58. The molecule has 0 radical (unpaired) electrons. The van der Waals surface area contributed by atoms with E-state index >= 15 is 0 Å². The number of nitrogens with zero attached hydrogens (tertiary/aromatic N) is 4. The Morgan fingerprint density at radius 1 is 1.08 bits per heavy atom. The number of alkyl halides is 3. The van der Waals surface area contributed by atoms with E-state index < -0.39 is 17.7 Å². The van der Waals surface area contributed by atoms with Crippen molar-refractivity contribution in [3.8, 4) is 11.4 Å². The van der Waals surface area contributed by atoms with Crippen LogP contribution in [0.15, 0.2) is 48.5 Å². The van der Waals surface area contributed by atoms with E-state index in [1.165, 1.54) is 12.1 Å². The van der Waals surface area contributed by atoms with E-state index in [9.17, 15) is 18.0 Å². The van der Waals surface area contributed by atoms with Crippen LogP contribution in [0.1, 0.15) is 66.8 Å². The quantitative estimate of drug-likeness (QED) is 0.289. The Balaban J connectivity index is 1.60. The third kappa shape index (κ3) is 5.20. The molecular formula is C28H28F3N5O2.